The summed E-state index contributed by atoms with van der Waals surface area (Å²) >= 11 is 0. The van der Waals surface area contributed by atoms with Gasteiger partial charge in [-0.2, -0.15) is 0 Å². The lowest BCUT2D eigenvalue weighted by Crippen LogP contribution is -2.21. The van der Waals surface area contributed by atoms with Crippen molar-refractivity contribution >= 4 is 0 Å². The molecule has 0 saturated carbocycles. The standard InChI is InChI=1S/C12H17NO/c14-12-5-3-4-11(10-12)6-9-13-7-1-2-8-13/h3-5,10,14H,1-2,6-9H2. The molecule has 1 aromatic rings. The molecular weight excluding hydrogens is 174 g/mol. The van der Waals surface area contributed by atoms with Gasteiger partial charge in [0.1, 0.15) is 5.75 Å². The third-order valence-electron chi connectivity index (χ3n) is 2.83. The van der Waals surface area contributed by atoms with Crippen LogP contribution in [0.4, 0.5) is 0 Å². The molecule has 1 aliphatic heterocycles. The lowest BCUT2D eigenvalue weighted by molar-refractivity contribution is 0.343. The molecule has 0 bridgehead atoms. The molecule has 1 fully saturated rings. The minimum atomic E-state index is 0.379. The topological polar surface area (TPSA) is 23.5 Å². The van der Waals surface area contributed by atoms with Crippen LogP contribution in [0.15, 0.2) is 24.3 Å². The van der Waals surface area contributed by atoms with Crippen molar-refractivity contribution in [3.05, 3.63) is 29.8 Å². The Labute approximate surface area is 85.2 Å². The van der Waals surface area contributed by atoms with Gasteiger partial charge in [0.15, 0.2) is 0 Å². The first-order valence-electron chi connectivity index (χ1n) is 5.35. The third kappa shape index (κ3) is 2.48. The van der Waals surface area contributed by atoms with Crippen molar-refractivity contribution in [1.29, 1.82) is 0 Å². The van der Waals surface area contributed by atoms with Gasteiger partial charge in [0.05, 0.1) is 0 Å². The molecule has 1 saturated heterocycles. The van der Waals surface area contributed by atoms with Gasteiger partial charge >= 0.3 is 0 Å². The van der Waals surface area contributed by atoms with E-state index in [1.807, 2.05) is 12.1 Å². The summed E-state index contributed by atoms with van der Waals surface area (Å²) in [6.07, 6.45) is 3.74. The smallest absolute Gasteiger partial charge is 0.115 e. The molecule has 1 N–H and O–H groups in total. The molecule has 1 heterocycles. The Kier molecular flexibility index (Phi) is 3.04. The van der Waals surface area contributed by atoms with Gasteiger partial charge in [-0.15, -0.1) is 0 Å². The number of nitrogens with zero attached hydrogens (tertiary/aromatic N) is 1. The summed E-state index contributed by atoms with van der Waals surface area (Å²) in [6, 6.07) is 7.57. The second kappa shape index (κ2) is 4.47. The number of likely N-dealkylation sites (tertiary alicyclic amines) is 1. The highest BCUT2D eigenvalue weighted by atomic mass is 16.3. The average Bonchev–Trinajstić information content (AvgIpc) is 2.67. The summed E-state index contributed by atoms with van der Waals surface area (Å²) < 4.78 is 0. The maximum absolute atomic E-state index is 9.29. The van der Waals surface area contributed by atoms with Crippen LogP contribution in [0.5, 0.6) is 5.75 Å². The lowest BCUT2D eigenvalue weighted by atomic mass is 10.1. The molecule has 0 atom stereocenters. The Bertz CT molecular complexity index is 292. The number of phenols is 1. The summed E-state index contributed by atoms with van der Waals surface area (Å²) in [7, 11) is 0. The monoisotopic (exact) mass is 191 g/mol. The van der Waals surface area contributed by atoms with Gasteiger partial charge in [-0.3, -0.25) is 0 Å². The predicted octanol–water partition coefficient (Wildman–Crippen LogP) is 2.03. The number of hydrogen-bond acceptors (Lipinski definition) is 2. The molecule has 0 unspecified atom stereocenters. The maximum atomic E-state index is 9.29. The quantitative estimate of drug-likeness (QED) is 0.790. The highest BCUT2D eigenvalue weighted by Gasteiger charge is 2.10. The van der Waals surface area contributed by atoms with Crippen LogP contribution in [0, 0.1) is 0 Å². The Balaban J connectivity index is 1.85. The van der Waals surface area contributed by atoms with Gasteiger partial charge in [0.25, 0.3) is 0 Å². The van der Waals surface area contributed by atoms with Crippen LogP contribution in [-0.4, -0.2) is 29.6 Å². The van der Waals surface area contributed by atoms with E-state index in [2.05, 4.69) is 11.0 Å². The molecule has 76 valence electrons. The Morgan fingerprint density at radius 1 is 1.21 bits per heavy atom. The van der Waals surface area contributed by atoms with Crippen LogP contribution < -0.4 is 0 Å². The number of benzene rings is 1. The minimum Gasteiger partial charge on any atom is -0.508 e. The maximum Gasteiger partial charge on any atom is 0.115 e. The van der Waals surface area contributed by atoms with Crippen molar-refractivity contribution in [3.63, 3.8) is 0 Å². The second-order valence-electron chi connectivity index (χ2n) is 3.97. The van der Waals surface area contributed by atoms with Gasteiger partial charge in [-0.05, 0) is 50.0 Å². The van der Waals surface area contributed by atoms with E-state index >= 15 is 0 Å². The first kappa shape index (κ1) is 9.53. The van der Waals surface area contributed by atoms with E-state index in [0.29, 0.717) is 5.75 Å². The zero-order valence-electron chi connectivity index (χ0n) is 8.45. The van der Waals surface area contributed by atoms with E-state index in [1.54, 1.807) is 6.07 Å². The Hall–Kier alpha value is -1.02. The van der Waals surface area contributed by atoms with Crippen LogP contribution in [0.25, 0.3) is 0 Å². The van der Waals surface area contributed by atoms with Crippen LogP contribution in [0.3, 0.4) is 0 Å². The SMILES string of the molecule is Oc1cccc(CCN2CCCC2)c1. The van der Waals surface area contributed by atoms with Gasteiger partial charge in [0, 0.05) is 6.54 Å². The highest BCUT2D eigenvalue weighted by Crippen LogP contribution is 2.13. The fourth-order valence-corrected chi connectivity index (χ4v) is 2.01. The van der Waals surface area contributed by atoms with Gasteiger partial charge in [-0.1, -0.05) is 12.1 Å². The summed E-state index contributed by atoms with van der Waals surface area (Å²) in [5.74, 6) is 0.379. The van der Waals surface area contributed by atoms with E-state index in [0.717, 1.165) is 13.0 Å². The van der Waals surface area contributed by atoms with Crippen LogP contribution >= 0.6 is 0 Å². The van der Waals surface area contributed by atoms with E-state index in [-0.39, 0.29) is 0 Å². The van der Waals surface area contributed by atoms with E-state index in [1.165, 1.54) is 31.5 Å². The number of hydrogen-bond donors (Lipinski definition) is 1. The van der Waals surface area contributed by atoms with Crippen molar-refractivity contribution in [2.75, 3.05) is 19.6 Å². The van der Waals surface area contributed by atoms with Crippen LogP contribution in [0.1, 0.15) is 18.4 Å². The molecule has 2 rings (SSSR count). The summed E-state index contributed by atoms with van der Waals surface area (Å²) in [6.45, 7) is 3.63. The minimum absolute atomic E-state index is 0.379. The molecule has 1 aliphatic rings. The predicted molar refractivity (Wildman–Crippen MR) is 57.5 cm³/mol. The molecular formula is C12H17NO. The van der Waals surface area contributed by atoms with Gasteiger partial charge < -0.3 is 10.0 Å². The van der Waals surface area contributed by atoms with Crippen molar-refractivity contribution in [3.8, 4) is 5.75 Å². The van der Waals surface area contributed by atoms with Crippen molar-refractivity contribution in [2.24, 2.45) is 0 Å². The normalized spacial score (nSPS) is 17.4. The number of aromatic hydroxyl groups is 1. The first-order valence-corrected chi connectivity index (χ1v) is 5.35. The fraction of sp³-hybridized carbons (Fsp3) is 0.500. The Morgan fingerprint density at radius 2 is 2.00 bits per heavy atom. The molecule has 14 heavy (non-hydrogen) atoms. The molecule has 0 radical (unpaired) electrons. The number of phenolic OH excluding ortho intramolecular Hbond substituents is 1. The molecule has 0 spiro atoms. The fourth-order valence-electron chi connectivity index (χ4n) is 2.01. The first-order chi connectivity index (χ1) is 6.84. The largest absolute Gasteiger partial charge is 0.508 e. The Morgan fingerprint density at radius 3 is 2.71 bits per heavy atom. The van der Waals surface area contributed by atoms with E-state index in [4.69, 9.17) is 0 Å². The molecule has 1 aromatic carbocycles. The average molecular weight is 191 g/mol. The molecule has 0 amide bonds. The molecule has 2 heteroatoms. The second-order valence-corrected chi connectivity index (χ2v) is 3.97. The zero-order chi connectivity index (χ0) is 9.80. The van der Waals surface area contributed by atoms with Crippen molar-refractivity contribution in [1.82, 2.24) is 4.90 Å². The molecule has 0 aromatic heterocycles. The van der Waals surface area contributed by atoms with E-state index in [9.17, 15) is 5.11 Å². The summed E-state index contributed by atoms with van der Waals surface area (Å²) in [5.41, 5.74) is 1.23. The lowest BCUT2D eigenvalue weighted by Gasteiger charge is -2.13. The van der Waals surface area contributed by atoms with Crippen LogP contribution in [-0.2, 0) is 6.42 Å². The van der Waals surface area contributed by atoms with E-state index < -0.39 is 0 Å². The summed E-state index contributed by atoms with van der Waals surface area (Å²) in [4.78, 5) is 2.49. The van der Waals surface area contributed by atoms with Gasteiger partial charge in [0.2, 0.25) is 0 Å². The van der Waals surface area contributed by atoms with Crippen molar-refractivity contribution < 1.29 is 5.11 Å². The van der Waals surface area contributed by atoms with Crippen molar-refractivity contribution in [2.45, 2.75) is 19.3 Å². The highest BCUT2D eigenvalue weighted by molar-refractivity contribution is 5.27. The van der Waals surface area contributed by atoms with Gasteiger partial charge in [-0.25, -0.2) is 0 Å². The molecule has 0 aliphatic carbocycles. The number of rotatable bonds is 3. The molecule has 2 nitrogen and oxygen atoms in total. The van der Waals surface area contributed by atoms with Crippen LogP contribution in [0.2, 0.25) is 0 Å². The third-order valence-corrected chi connectivity index (χ3v) is 2.83. The summed E-state index contributed by atoms with van der Waals surface area (Å²) in [5, 5.41) is 9.29. The zero-order valence-corrected chi connectivity index (χ0v) is 8.45.